The van der Waals surface area contributed by atoms with Gasteiger partial charge in [-0.3, -0.25) is 4.57 Å². The Bertz CT molecular complexity index is 1260. The Hall–Kier alpha value is -3.45. The van der Waals surface area contributed by atoms with Crippen molar-refractivity contribution in [3.8, 4) is 28.3 Å². The Morgan fingerprint density at radius 3 is 2.74 bits per heavy atom. The second-order valence-corrected chi connectivity index (χ2v) is 8.31. The molecule has 31 heavy (non-hydrogen) atoms. The van der Waals surface area contributed by atoms with Gasteiger partial charge in [-0.05, 0) is 61.0 Å². The quantitative estimate of drug-likeness (QED) is 0.489. The Kier molecular flexibility index (Phi) is 4.17. The molecule has 0 spiro atoms. The summed E-state index contributed by atoms with van der Waals surface area (Å²) in [6, 6.07) is 15.9. The third-order valence-electron chi connectivity index (χ3n) is 6.48. The van der Waals surface area contributed by atoms with Gasteiger partial charge < -0.3 is 14.8 Å². The molecule has 1 saturated heterocycles. The molecule has 1 N–H and O–H groups in total. The molecule has 0 aliphatic carbocycles. The van der Waals surface area contributed by atoms with E-state index in [2.05, 4.69) is 60.0 Å². The maximum absolute atomic E-state index is 13.4. The van der Waals surface area contributed by atoms with Gasteiger partial charge in [0.15, 0.2) is 5.82 Å². The van der Waals surface area contributed by atoms with Crippen molar-refractivity contribution < 1.29 is 4.39 Å². The largest absolute Gasteiger partial charge is 0.370 e. The van der Waals surface area contributed by atoms with E-state index in [1.165, 1.54) is 23.4 Å². The lowest BCUT2D eigenvalue weighted by Crippen LogP contribution is -2.29. The number of benzene rings is 2. The van der Waals surface area contributed by atoms with Crippen molar-refractivity contribution in [1.82, 2.24) is 24.6 Å². The highest BCUT2D eigenvalue weighted by Crippen LogP contribution is 2.35. The Labute approximate surface area is 180 Å². The van der Waals surface area contributed by atoms with E-state index in [1.807, 2.05) is 19.2 Å². The van der Waals surface area contributed by atoms with Crippen LogP contribution in [0.25, 0.3) is 28.3 Å². The highest BCUT2D eigenvalue weighted by Gasteiger charge is 2.25. The molecule has 6 rings (SSSR count). The van der Waals surface area contributed by atoms with Gasteiger partial charge in [-0.1, -0.05) is 12.1 Å². The van der Waals surface area contributed by atoms with Crippen LogP contribution in [-0.4, -0.2) is 45.5 Å². The lowest BCUT2D eigenvalue weighted by atomic mass is 10.1. The van der Waals surface area contributed by atoms with Crippen molar-refractivity contribution in [3.63, 3.8) is 0 Å². The van der Waals surface area contributed by atoms with E-state index in [4.69, 9.17) is 0 Å². The first-order chi connectivity index (χ1) is 15.2. The molecule has 156 valence electrons. The molecule has 0 bridgehead atoms. The van der Waals surface area contributed by atoms with Gasteiger partial charge in [0, 0.05) is 43.1 Å². The number of nitrogens with zero attached hydrogens (tertiary/aromatic N) is 5. The van der Waals surface area contributed by atoms with Crippen molar-refractivity contribution in [2.75, 3.05) is 25.0 Å². The van der Waals surface area contributed by atoms with Gasteiger partial charge >= 0.3 is 0 Å². The number of hydrogen-bond donors (Lipinski definition) is 1. The van der Waals surface area contributed by atoms with Crippen LogP contribution in [-0.2, 0) is 6.54 Å². The fourth-order valence-electron chi connectivity index (χ4n) is 4.76. The van der Waals surface area contributed by atoms with Crippen LogP contribution < -0.4 is 10.2 Å². The fraction of sp³-hybridized carbons (Fsp3) is 0.250. The van der Waals surface area contributed by atoms with Crippen LogP contribution in [0.4, 0.5) is 10.1 Å². The van der Waals surface area contributed by atoms with Gasteiger partial charge in [-0.25, -0.2) is 4.39 Å². The molecular weight excluding hydrogens is 391 g/mol. The van der Waals surface area contributed by atoms with E-state index in [0.29, 0.717) is 6.04 Å². The minimum Gasteiger partial charge on any atom is -0.370 e. The van der Waals surface area contributed by atoms with Gasteiger partial charge in [0.2, 0.25) is 0 Å². The molecule has 0 saturated carbocycles. The topological polar surface area (TPSA) is 50.9 Å². The minimum atomic E-state index is -0.229. The van der Waals surface area contributed by atoms with Gasteiger partial charge in [0.25, 0.3) is 0 Å². The summed E-state index contributed by atoms with van der Waals surface area (Å²) >= 11 is 0. The maximum Gasteiger partial charge on any atom is 0.185 e. The average Bonchev–Trinajstić information content (AvgIpc) is 3.52. The second-order valence-electron chi connectivity index (χ2n) is 8.31. The number of nitrogens with one attached hydrogen (secondary N) is 1. The second kappa shape index (κ2) is 7.06. The highest BCUT2D eigenvalue weighted by atomic mass is 19.1. The summed E-state index contributed by atoms with van der Waals surface area (Å²) in [4.78, 5) is 2.44. The van der Waals surface area contributed by atoms with E-state index < -0.39 is 0 Å². The molecular formula is C24H23FN6. The Balaban J connectivity index is 1.43. The summed E-state index contributed by atoms with van der Waals surface area (Å²) in [6.45, 7) is 2.83. The molecule has 7 heteroatoms. The smallest absolute Gasteiger partial charge is 0.185 e. The fourth-order valence-corrected chi connectivity index (χ4v) is 4.76. The molecule has 4 heterocycles. The van der Waals surface area contributed by atoms with E-state index in [0.717, 1.165) is 54.4 Å². The van der Waals surface area contributed by atoms with Gasteiger partial charge in [-0.2, -0.15) is 0 Å². The maximum atomic E-state index is 13.4. The van der Waals surface area contributed by atoms with Gasteiger partial charge in [-0.15, -0.1) is 10.2 Å². The lowest BCUT2D eigenvalue weighted by molar-refractivity contribution is 0.617. The average molecular weight is 414 g/mol. The molecule has 2 aromatic carbocycles. The molecule has 1 atom stereocenters. The van der Waals surface area contributed by atoms with Crippen molar-refractivity contribution in [2.45, 2.75) is 19.0 Å². The summed E-state index contributed by atoms with van der Waals surface area (Å²) in [5.41, 5.74) is 6.62. The number of anilines is 1. The summed E-state index contributed by atoms with van der Waals surface area (Å²) < 4.78 is 17.7. The summed E-state index contributed by atoms with van der Waals surface area (Å²) in [5.74, 6) is 0.587. The molecule has 2 aliphatic rings. The van der Waals surface area contributed by atoms with Gasteiger partial charge in [0.1, 0.15) is 12.1 Å². The van der Waals surface area contributed by atoms with Crippen molar-refractivity contribution in [3.05, 3.63) is 72.4 Å². The first kappa shape index (κ1) is 18.3. The molecule has 0 radical (unpaired) electrons. The third-order valence-corrected chi connectivity index (χ3v) is 6.48. The van der Waals surface area contributed by atoms with Crippen molar-refractivity contribution in [2.24, 2.45) is 0 Å². The van der Waals surface area contributed by atoms with Gasteiger partial charge in [0.05, 0.1) is 11.4 Å². The molecule has 4 aromatic rings. The standard InChI is InChI=1S/C24H23FN6/c1-26-20-8-9-29(14-20)21-6-7-22-18(10-21)13-30-12-17(16-2-4-19(25)5-3-16)11-23(30)24-28-27-15-31(22)24/h2-7,10-12,15,20,26H,8-9,13-14H2,1H3/t20-/m1/s1. The highest BCUT2D eigenvalue weighted by molar-refractivity contribution is 5.72. The normalized spacial score (nSPS) is 17.2. The predicted molar refractivity (Wildman–Crippen MR) is 119 cm³/mol. The minimum absolute atomic E-state index is 0.229. The van der Waals surface area contributed by atoms with Crippen LogP contribution in [0.1, 0.15) is 12.0 Å². The molecule has 2 aliphatic heterocycles. The SMILES string of the molecule is CN[C@@H]1CCN(c2ccc3c(c2)Cn2cc(-c4ccc(F)cc4)cc2-c2nncn2-3)C1. The lowest BCUT2D eigenvalue weighted by Gasteiger charge is -2.21. The van der Waals surface area contributed by atoms with E-state index in [-0.39, 0.29) is 5.82 Å². The van der Waals surface area contributed by atoms with Crippen LogP contribution in [0.5, 0.6) is 0 Å². The first-order valence-electron chi connectivity index (χ1n) is 10.6. The third kappa shape index (κ3) is 3.04. The molecule has 0 amide bonds. The first-order valence-corrected chi connectivity index (χ1v) is 10.6. The zero-order valence-electron chi connectivity index (χ0n) is 17.3. The summed E-state index contributed by atoms with van der Waals surface area (Å²) in [7, 11) is 2.03. The summed E-state index contributed by atoms with van der Waals surface area (Å²) in [6.07, 6.45) is 5.06. The Morgan fingerprint density at radius 1 is 1.06 bits per heavy atom. The zero-order valence-corrected chi connectivity index (χ0v) is 17.3. The predicted octanol–water partition coefficient (Wildman–Crippen LogP) is 3.70. The van der Waals surface area contributed by atoms with E-state index in [1.54, 1.807) is 6.33 Å². The number of hydrogen-bond acceptors (Lipinski definition) is 4. The zero-order chi connectivity index (χ0) is 20.9. The van der Waals surface area contributed by atoms with Crippen LogP contribution in [0.2, 0.25) is 0 Å². The monoisotopic (exact) mass is 414 g/mol. The Morgan fingerprint density at radius 2 is 1.94 bits per heavy atom. The number of fused-ring (bicyclic) bond motifs is 5. The van der Waals surface area contributed by atoms with Crippen LogP contribution >= 0.6 is 0 Å². The van der Waals surface area contributed by atoms with Crippen molar-refractivity contribution in [1.29, 1.82) is 0 Å². The summed E-state index contributed by atoms with van der Waals surface area (Å²) in [5, 5.41) is 12.0. The van der Waals surface area contributed by atoms with Crippen LogP contribution in [0.3, 0.4) is 0 Å². The number of likely N-dealkylation sites (N-methyl/N-ethyl adjacent to an activating group) is 1. The molecule has 2 aromatic heterocycles. The van der Waals surface area contributed by atoms with Crippen LogP contribution in [0.15, 0.2) is 61.1 Å². The van der Waals surface area contributed by atoms with Crippen molar-refractivity contribution >= 4 is 5.69 Å². The molecule has 0 unspecified atom stereocenters. The number of halogens is 1. The van der Waals surface area contributed by atoms with E-state index >= 15 is 0 Å². The number of rotatable bonds is 3. The molecule has 1 fully saturated rings. The van der Waals surface area contributed by atoms with Crippen LogP contribution in [0, 0.1) is 5.82 Å². The van der Waals surface area contributed by atoms with E-state index in [9.17, 15) is 4.39 Å². The number of aromatic nitrogens is 4. The molecule has 6 nitrogen and oxygen atoms in total.